The van der Waals surface area contributed by atoms with Crippen LogP contribution >= 0.6 is 11.6 Å². The van der Waals surface area contributed by atoms with Crippen LogP contribution in [0.3, 0.4) is 0 Å². The van der Waals surface area contributed by atoms with Gasteiger partial charge in [-0.3, -0.25) is 0 Å². The molecule has 10 heteroatoms. The maximum absolute atomic E-state index is 14.1. The zero-order valence-corrected chi connectivity index (χ0v) is 21.8. The molecule has 0 spiro atoms. The van der Waals surface area contributed by atoms with Crippen LogP contribution in [0.5, 0.6) is 0 Å². The number of carbonyl (C=O) groups excluding carboxylic acids is 1. The van der Waals surface area contributed by atoms with Crippen LogP contribution in [-0.2, 0) is 14.8 Å². The lowest BCUT2D eigenvalue weighted by Gasteiger charge is -2.14. The predicted molar refractivity (Wildman–Crippen MR) is 143 cm³/mol. The van der Waals surface area contributed by atoms with E-state index < -0.39 is 28.2 Å². The monoisotopic (exact) mass is 569 g/mol. The summed E-state index contributed by atoms with van der Waals surface area (Å²) in [5, 5.41) is 0.619. The molecule has 0 bridgehead atoms. The molecule has 0 unspecified atom stereocenters. The first-order valence-electron chi connectivity index (χ1n) is 11.5. The number of esters is 1. The van der Waals surface area contributed by atoms with Crippen LogP contribution in [-0.4, -0.2) is 25.5 Å². The molecule has 5 rings (SSSR count). The zero-order valence-electron chi connectivity index (χ0n) is 20.2. The van der Waals surface area contributed by atoms with E-state index in [4.69, 9.17) is 16.3 Å². The van der Waals surface area contributed by atoms with Gasteiger partial charge < -0.3 is 4.74 Å². The van der Waals surface area contributed by atoms with Crippen molar-refractivity contribution >= 4 is 38.5 Å². The predicted octanol–water partition coefficient (Wildman–Crippen LogP) is 7.73. The quantitative estimate of drug-likeness (QED) is 0.196. The molecule has 198 valence electrons. The summed E-state index contributed by atoms with van der Waals surface area (Å²) >= 11 is 6.46. The van der Waals surface area contributed by atoms with Gasteiger partial charge in [-0.15, -0.1) is 0 Å². The normalized spacial score (nSPS) is 11.7. The summed E-state index contributed by atoms with van der Waals surface area (Å²) in [7, 11) is -3.02. The standard InChI is InChI=1S/C29H19ClF3NO4S/c1-38-29(35)20-7-11-24(25(30)15-20)18-3-2-4-19(13-18)27-16-21-14-22(31)8-12-26(21)34(27)39(36,37)23-9-5-17(6-10-23)28(32)33/h2-16,28H,1H3. The average Bonchev–Trinajstić information content (AvgIpc) is 3.32. The highest BCUT2D eigenvalue weighted by molar-refractivity contribution is 7.90. The minimum absolute atomic E-state index is 0.201. The van der Waals surface area contributed by atoms with E-state index in [1.54, 1.807) is 42.5 Å². The van der Waals surface area contributed by atoms with Gasteiger partial charge in [0.25, 0.3) is 16.4 Å². The zero-order chi connectivity index (χ0) is 27.9. The molecule has 1 heterocycles. The van der Waals surface area contributed by atoms with E-state index in [0.29, 0.717) is 22.1 Å². The molecule has 0 aliphatic heterocycles. The summed E-state index contributed by atoms with van der Waals surface area (Å²) in [5.74, 6) is -1.09. The SMILES string of the molecule is COC(=O)c1ccc(-c2cccc(-c3cc4cc(F)ccc4n3S(=O)(=O)c3ccc(C(F)F)cc3)c2)c(Cl)c1. The van der Waals surface area contributed by atoms with Crippen LogP contribution in [0.15, 0.2) is 95.9 Å². The van der Waals surface area contributed by atoms with Crippen LogP contribution in [0.25, 0.3) is 33.3 Å². The Bertz CT molecular complexity index is 1830. The summed E-state index contributed by atoms with van der Waals surface area (Å²) in [5.41, 5.74) is 2.11. The lowest BCUT2D eigenvalue weighted by atomic mass is 10.0. The van der Waals surface area contributed by atoms with Crippen LogP contribution in [0.2, 0.25) is 5.02 Å². The largest absolute Gasteiger partial charge is 0.465 e. The summed E-state index contributed by atoms with van der Waals surface area (Å²) in [6, 6.07) is 21.2. The molecular weight excluding hydrogens is 551 g/mol. The molecular formula is C29H19ClF3NO4S. The number of hydrogen-bond acceptors (Lipinski definition) is 4. The van der Waals surface area contributed by atoms with E-state index in [0.717, 1.165) is 34.3 Å². The molecule has 1 aromatic heterocycles. The van der Waals surface area contributed by atoms with E-state index in [1.165, 1.54) is 25.3 Å². The lowest BCUT2D eigenvalue weighted by Crippen LogP contribution is -2.14. The molecule has 0 fully saturated rings. The average molecular weight is 570 g/mol. The molecule has 0 saturated carbocycles. The fraction of sp³-hybridized carbons (Fsp3) is 0.0690. The van der Waals surface area contributed by atoms with Gasteiger partial charge in [-0.05, 0) is 65.7 Å². The van der Waals surface area contributed by atoms with Crippen LogP contribution in [0, 0.1) is 5.82 Å². The van der Waals surface area contributed by atoms with Crippen LogP contribution in [0.4, 0.5) is 13.2 Å². The van der Waals surface area contributed by atoms with Crippen LogP contribution < -0.4 is 0 Å². The maximum atomic E-state index is 14.1. The van der Waals surface area contributed by atoms with Crippen molar-refractivity contribution in [1.29, 1.82) is 0 Å². The van der Waals surface area contributed by atoms with Gasteiger partial charge in [-0.2, -0.15) is 0 Å². The van der Waals surface area contributed by atoms with E-state index in [1.807, 2.05) is 0 Å². The molecule has 4 aromatic carbocycles. The van der Waals surface area contributed by atoms with Crippen molar-refractivity contribution in [1.82, 2.24) is 3.97 Å². The number of rotatable bonds is 6. The second kappa shape index (κ2) is 10.2. The topological polar surface area (TPSA) is 65.4 Å². The molecule has 0 radical (unpaired) electrons. The molecule has 0 aliphatic rings. The van der Waals surface area contributed by atoms with Crippen molar-refractivity contribution in [3.05, 3.63) is 113 Å². The molecule has 0 aliphatic carbocycles. The molecule has 5 nitrogen and oxygen atoms in total. The Kier molecular flexibility index (Phi) is 6.96. The molecule has 0 N–H and O–H groups in total. The van der Waals surface area contributed by atoms with Crippen LogP contribution in [0.1, 0.15) is 22.3 Å². The number of halogens is 4. The number of benzene rings is 4. The Balaban J connectivity index is 1.68. The molecule has 5 aromatic rings. The summed E-state index contributed by atoms with van der Waals surface area (Å²) < 4.78 is 73.7. The minimum atomic E-state index is -4.29. The first kappa shape index (κ1) is 26.5. The third-order valence-corrected chi connectivity index (χ3v) is 8.30. The number of ether oxygens (including phenoxy) is 1. The van der Waals surface area contributed by atoms with Crippen molar-refractivity contribution < 1.29 is 31.1 Å². The van der Waals surface area contributed by atoms with Crippen molar-refractivity contribution in [2.45, 2.75) is 11.3 Å². The number of aromatic nitrogens is 1. The number of fused-ring (bicyclic) bond motifs is 1. The Morgan fingerprint density at radius 2 is 1.62 bits per heavy atom. The third kappa shape index (κ3) is 4.91. The Hall–Kier alpha value is -4.08. The third-order valence-electron chi connectivity index (χ3n) is 6.25. The second-order valence-corrected chi connectivity index (χ2v) is 10.8. The number of carbonyl (C=O) groups is 1. The summed E-state index contributed by atoms with van der Waals surface area (Å²) in [4.78, 5) is 11.7. The van der Waals surface area contributed by atoms with E-state index in [2.05, 4.69) is 0 Å². The second-order valence-electron chi connectivity index (χ2n) is 8.64. The van der Waals surface area contributed by atoms with Gasteiger partial charge in [0.2, 0.25) is 0 Å². The number of nitrogens with zero attached hydrogens (tertiary/aromatic N) is 1. The van der Waals surface area contributed by atoms with E-state index >= 15 is 0 Å². The van der Waals surface area contributed by atoms with Gasteiger partial charge in [0, 0.05) is 21.5 Å². The molecule has 39 heavy (non-hydrogen) atoms. The highest BCUT2D eigenvalue weighted by Gasteiger charge is 2.25. The molecule has 0 amide bonds. The number of methoxy groups -OCH3 is 1. The maximum Gasteiger partial charge on any atom is 0.337 e. The fourth-order valence-corrected chi connectivity index (χ4v) is 6.17. The highest BCUT2D eigenvalue weighted by Crippen LogP contribution is 2.36. The summed E-state index contributed by atoms with van der Waals surface area (Å²) in [6.07, 6.45) is -2.75. The smallest absolute Gasteiger partial charge is 0.337 e. The van der Waals surface area contributed by atoms with Gasteiger partial charge >= 0.3 is 5.97 Å². The Morgan fingerprint density at radius 1 is 0.897 bits per heavy atom. The van der Waals surface area contributed by atoms with Gasteiger partial charge in [0.05, 0.1) is 28.8 Å². The molecule has 0 atom stereocenters. The Labute approximate surface area is 227 Å². The fourth-order valence-electron chi connectivity index (χ4n) is 4.35. The van der Waals surface area contributed by atoms with Gasteiger partial charge in [-0.1, -0.05) is 48.0 Å². The number of hydrogen-bond donors (Lipinski definition) is 0. The first-order valence-corrected chi connectivity index (χ1v) is 13.4. The van der Waals surface area contributed by atoms with E-state index in [9.17, 15) is 26.4 Å². The van der Waals surface area contributed by atoms with E-state index in [-0.39, 0.29) is 32.3 Å². The van der Waals surface area contributed by atoms with Gasteiger partial charge in [0.1, 0.15) is 5.82 Å². The minimum Gasteiger partial charge on any atom is -0.465 e. The lowest BCUT2D eigenvalue weighted by molar-refractivity contribution is 0.0600. The van der Waals surface area contributed by atoms with Crippen molar-refractivity contribution in [2.24, 2.45) is 0 Å². The summed E-state index contributed by atoms with van der Waals surface area (Å²) in [6.45, 7) is 0. The van der Waals surface area contributed by atoms with Crippen molar-refractivity contribution in [2.75, 3.05) is 7.11 Å². The van der Waals surface area contributed by atoms with Gasteiger partial charge in [-0.25, -0.2) is 30.4 Å². The Morgan fingerprint density at radius 3 is 2.28 bits per heavy atom. The molecule has 0 saturated heterocycles. The highest BCUT2D eigenvalue weighted by atomic mass is 35.5. The van der Waals surface area contributed by atoms with Gasteiger partial charge in [0.15, 0.2) is 0 Å². The van der Waals surface area contributed by atoms with Crippen molar-refractivity contribution in [3.63, 3.8) is 0 Å². The first-order chi connectivity index (χ1) is 18.6. The number of alkyl halides is 2. The van der Waals surface area contributed by atoms with Crippen molar-refractivity contribution in [3.8, 4) is 22.4 Å².